The monoisotopic (exact) mass is 202 g/mol. The minimum atomic E-state index is -0.125. The third-order valence-corrected chi connectivity index (χ3v) is 1.92. The van der Waals surface area contributed by atoms with Gasteiger partial charge in [0, 0.05) is 6.42 Å². The molecule has 0 aliphatic heterocycles. The highest BCUT2D eigenvalue weighted by Gasteiger charge is 1.98. The number of carbonyl (C=O) groups excluding carboxylic acids is 1. The van der Waals surface area contributed by atoms with Gasteiger partial charge >= 0.3 is 5.97 Å². The molecule has 0 aromatic carbocycles. The van der Waals surface area contributed by atoms with Gasteiger partial charge in [-0.1, -0.05) is 0 Å². The molecule has 0 amide bonds. The highest BCUT2D eigenvalue weighted by molar-refractivity contribution is 5.68. The third kappa shape index (κ3) is 9.48. The lowest BCUT2D eigenvalue weighted by molar-refractivity contribution is -0.140. The minimum absolute atomic E-state index is 0.125. The Morgan fingerprint density at radius 1 is 1.29 bits per heavy atom. The van der Waals surface area contributed by atoms with Gasteiger partial charge in [-0.25, -0.2) is 0 Å². The van der Waals surface area contributed by atoms with Crippen molar-refractivity contribution in [3.8, 4) is 0 Å². The van der Waals surface area contributed by atoms with Crippen LogP contribution in [0.5, 0.6) is 0 Å². The molecule has 0 aromatic rings. The summed E-state index contributed by atoms with van der Waals surface area (Å²) in [6.45, 7) is 3.01. The van der Waals surface area contributed by atoms with Crippen molar-refractivity contribution in [3.05, 3.63) is 0 Å². The summed E-state index contributed by atoms with van der Waals surface area (Å²) in [6, 6.07) is 0. The molecule has 1 N–H and O–H groups in total. The summed E-state index contributed by atoms with van der Waals surface area (Å²) >= 11 is 0. The van der Waals surface area contributed by atoms with E-state index in [0.29, 0.717) is 6.42 Å². The van der Waals surface area contributed by atoms with E-state index in [-0.39, 0.29) is 5.97 Å². The molecule has 0 rings (SSSR count). The summed E-state index contributed by atoms with van der Waals surface area (Å²) in [5.41, 5.74) is 0. The molecule has 0 bridgehead atoms. The van der Waals surface area contributed by atoms with E-state index < -0.39 is 0 Å². The fraction of sp³-hybridized carbons (Fsp3) is 0.900. The molecular weight excluding hydrogens is 180 g/mol. The summed E-state index contributed by atoms with van der Waals surface area (Å²) in [4.78, 5) is 12.9. The molecule has 0 fully saturated rings. The maximum absolute atomic E-state index is 10.7. The number of nitrogens with one attached hydrogen (secondary N) is 1. The Labute approximate surface area is 86.6 Å². The number of methoxy groups -OCH3 is 1. The van der Waals surface area contributed by atoms with Gasteiger partial charge in [0.15, 0.2) is 0 Å². The molecule has 0 aromatic heterocycles. The largest absolute Gasteiger partial charge is 0.469 e. The first-order valence-electron chi connectivity index (χ1n) is 5.09. The highest BCUT2D eigenvalue weighted by atomic mass is 16.5. The molecule has 14 heavy (non-hydrogen) atoms. The van der Waals surface area contributed by atoms with Gasteiger partial charge in [0.05, 0.1) is 7.11 Å². The van der Waals surface area contributed by atoms with Crippen molar-refractivity contribution in [1.29, 1.82) is 0 Å². The molecule has 0 aliphatic carbocycles. The number of carbonyl (C=O) groups is 1. The van der Waals surface area contributed by atoms with Crippen LogP contribution in [0, 0.1) is 0 Å². The predicted molar refractivity (Wildman–Crippen MR) is 57.3 cm³/mol. The average molecular weight is 202 g/mol. The van der Waals surface area contributed by atoms with E-state index in [4.69, 9.17) is 0 Å². The van der Waals surface area contributed by atoms with Gasteiger partial charge in [0.25, 0.3) is 0 Å². The number of hydrogen-bond acceptors (Lipinski definition) is 4. The SMILES string of the molecule is COC(=O)CCCNCCCN(C)C. The molecule has 0 radical (unpaired) electrons. The van der Waals surface area contributed by atoms with Crippen LogP contribution in [0.25, 0.3) is 0 Å². The smallest absolute Gasteiger partial charge is 0.305 e. The Morgan fingerprint density at radius 3 is 2.50 bits per heavy atom. The van der Waals surface area contributed by atoms with E-state index in [1.165, 1.54) is 7.11 Å². The molecule has 0 saturated heterocycles. The van der Waals surface area contributed by atoms with Crippen molar-refractivity contribution < 1.29 is 9.53 Å². The fourth-order valence-corrected chi connectivity index (χ4v) is 1.11. The van der Waals surface area contributed by atoms with E-state index in [0.717, 1.165) is 32.5 Å². The van der Waals surface area contributed by atoms with Crippen LogP contribution in [0.2, 0.25) is 0 Å². The number of nitrogens with zero attached hydrogens (tertiary/aromatic N) is 1. The Bertz CT molecular complexity index is 149. The van der Waals surface area contributed by atoms with E-state index in [1.54, 1.807) is 0 Å². The van der Waals surface area contributed by atoms with Crippen LogP contribution in [0.1, 0.15) is 19.3 Å². The lowest BCUT2D eigenvalue weighted by Gasteiger charge is -2.09. The maximum Gasteiger partial charge on any atom is 0.305 e. The van der Waals surface area contributed by atoms with Gasteiger partial charge in [-0.05, 0) is 46.6 Å². The second-order valence-corrected chi connectivity index (χ2v) is 3.59. The number of hydrogen-bond donors (Lipinski definition) is 1. The summed E-state index contributed by atoms with van der Waals surface area (Å²) in [5, 5.41) is 3.29. The van der Waals surface area contributed by atoms with Crippen molar-refractivity contribution in [2.24, 2.45) is 0 Å². The summed E-state index contributed by atoms with van der Waals surface area (Å²) in [6.07, 6.45) is 2.51. The molecule has 0 heterocycles. The van der Waals surface area contributed by atoms with Gasteiger partial charge in [0.2, 0.25) is 0 Å². The zero-order valence-corrected chi connectivity index (χ0v) is 9.51. The summed E-state index contributed by atoms with van der Waals surface area (Å²) in [5.74, 6) is -0.125. The Balaban J connectivity index is 3.03. The molecule has 0 aliphatic rings. The second kappa shape index (κ2) is 8.97. The first-order chi connectivity index (χ1) is 6.66. The Kier molecular flexibility index (Phi) is 8.57. The normalized spacial score (nSPS) is 10.6. The van der Waals surface area contributed by atoms with Gasteiger partial charge in [-0.2, -0.15) is 0 Å². The van der Waals surface area contributed by atoms with Gasteiger partial charge in [0.1, 0.15) is 0 Å². The van der Waals surface area contributed by atoms with Gasteiger partial charge in [-0.15, -0.1) is 0 Å². The van der Waals surface area contributed by atoms with Crippen LogP contribution in [0.3, 0.4) is 0 Å². The maximum atomic E-state index is 10.7. The lowest BCUT2D eigenvalue weighted by atomic mass is 10.3. The first-order valence-corrected chi connectivity index (χ1v) is 5.09. The topological polar surface area (TPSA) is 41.6 Å². The van der Waals surface area contributed by atoms with Crippen molar-refractivity contribution in [2.45, 2.75) is 19.3 Å². The standard InChI is InChI=1S/C10H22N2O2/c1-12(2)9-5-8-11-7-4-6-10(13)14-3/h11H,4-9H2,1-3H3. The Hall–Kier alpha value is -0.610. The number of rotatable bonds is 8. The predicted octanol–water partition coefficient (Wildman–Crippen LogP) is 0.481. The van der Waals surface area contributed by atoms with E-state index in [1.807, 2.05) is 0 Å². The molecule has 84 valence electrons. The van der Waals surface area contributed by atoms with Crippen molar-refractivity contribution in [1.82, 2.24) is 10.2 Å². The van der Waals surface area contributed by atoms with Crippen LogP contribution < -0.4 is 5.32 Å². The summed E-state index contributed by atoms with van der Waals surface area (Å²) < 4.78 is 4.54. The first kappa shape index (κ1) is 13.4. The molecular formula is C10H22N2O2. The van der Waals surface area contributed by atoms with Crippen LogP contribution in [-0.2, 0) is 9.53 Å². The van der Waals surface area contributed by atoms with E-state index in [9.17, 15) is 4.79 Å². The lowest BCUT2D eigenvalue weighted by Crippen LogP contribution is -2.22. The van der Waals surface area contributed by atoms with E-state index >= 15 is 0 Å². The molecule has 4 nitrogen and oxygen atoms in total. The highest BCUT2D eigenvalue weighted by Crippen LogP contribution is 1.89. The number of esters is 1. The van der Waals surface area contributed by atoms with Crippen LogP contribution in [-0.4, -0.2) is 51.7 Å². The molecule has 0 atom stereocenters. The van der Waals surface area contributed by atoms with Crippen LogP contribution in [0.4, 0.5) is 0 Å². The van der Waals surface area contributed by atoms with Crippen LogP contribution >= 0.6 is 0 Å². The van der Waals surface area contributed by atoms with Crippen molar-refractivity contribution in [2.75, 3.05) is 40.8 Å². The zero-order chi connectivity index (χ0) is 10.8. The number of ether oxygens (including phenoxy) is 1. The van der Waals surface area contributed by atoms with Crippen LogP contribution in [0.15, 0.2) is 0 Å². The molecule has 4 heteroatoms. The average Bonchev–Trinajstić information content (AvgIpc) is 2.15. The summed E-state index contributed by atoms with van der Waals surface area (Å²) in [7, 11) is 5.56. The second-order valence-electron chi connectivity index (χ2n) is 3.59. The zero-order valence-electron chi connectivity index (χ0n) is 9.51. The van der Waals surface area contributed by atoms with Gasteiger partial charge < -0.3 is 15.0 Å². The molecule has 0 spiro atoms. The fourth-order valence-electron chi connectivity index (χ4n) is 1.11. The van der Waals surface area contributed by atoms with Crippen molar-refractivity contribution in [3.63, 3.8) is 0 Å². The van der Waals surface area contributed by atoms with Gasteiger partial charge in [-0.3, -0.25) is 4.79 Å². The van der Waals surface area contributed by atoms with E-state index in [2.05, 4.69) is 29.0 Å². The minimum Gasteiger partial charge on any atom is -0.469 e. The van der Waals surface area contributed by atoms with Crippen molar-refractivity contribution >= 4 is 5.97 Å². The molecule has 0 unspecified atom stereocenters. The Morgan fingerprint density at radius 2 is 1.93 bits per heavy atom. The quantitative estimate of drug-likeness (QED) is 0.459. The third-order valence-electron chi connectivity index (χ3n) is 1.92. The molecule has 0 saturated carbocycles.